The number of carbonyl (C=O) groups excluding carboxylic acids is 1. The zero-order chi connectivity index (χ0) is 20.4. The van der Waals surface area contributed by atoms with Crippen molar-refractivity contribution in [3.05, 3.63) is 52.5 Å². The molecule has 0 saturated heterocycles. The largest absolute Gasteiger partial charge is 0.497 e. The van der Waals surface area contributed by atoms with Crippen LogP contribution in [-0.2, 0) is 4.74 Å². The van der Waals surface area contributed by atoms with E-state index in [0.717, 1.165) is 28.1 Å². The standard InChI is InChI=1S/C21H23N3O4S/c1-26-10-5-9-24-20(14-8-7-13(27-2)12-15(14)28-3)17-18(16-6-4-11-29-16)22-23-19(17)21(24)25/h4,6-8,11-12,20H,5,9-10H2,1-3H3,(H,22,23). The minimum absolute atomic E-state index is 0.0852. The molecule has 1 atom stereocenters. The molecule has 3 aromatic rings. The molecule has 8 heteroatoms. The molecular weight excluding hydrogens is 390 g/mol. The van der Waals surface area contributed by atoms with E-state index in [1.807, 2.05) is 40.6 Å². The Hall–Kier alpha value is -2.84. The molecule has 1 aliphatic rings. The molecule has 3 heterocycles. The molecule has 1 unspecified atom stereocenters. The fraction of sp³-hybridized carbons (Fsp3) is 0.333. The zero-order valence-corrected chi connectivity index (χ0v) is 17.4. The van der Waals surface area contributed by atoms with Gasteiger partial charge in [-0.05, 0) is 30.0 Å². The minimum Gasteiger partial charge on any atom is -0.497 e. The predicted molar refractivity (Wildman–Crippen MR) is 111 cm³/mol. The van der Waals surface area contributed by atoms with Gasteiger partial charge in [0, 0.05) is 37.5 Å². The van der Waals surface area contributed by atoms with Crippen LogP contribution in [0.5, 0.6) is 11.5 Å². The number of amides is 1. The number of hydrogen-bond donors (Lipinski definition) is 1. The summed E-state index contributed by atoms with van der Waals surface area (Å²) < 4.78 is 16.2. The van der Waals surface area contributed by atoms with Crippen LogP contribution in [0.3, 0.4) is 0 Å². The first kappa shape index (κ1) is 19.5. The van der Waals surface area contributed by atoms with Crippen LogP contribution >= 0.6 is 11.3 Å². The summed E-state index contributed by atoms with van der Waals surface area (Å²) in [6.45, 7) is 1.14. The van der Waals surface area contributed by atoms with Crippen LogP contribution in [-0.4, -0.2) is 55.5 Å². The summed E-state index contributed by atoms with van der Waals surface area (Å²) in [5.41, 5.74) is 3.13. The van der Waals surface area contributed by atoms with Gasteiger partial charge in [0.2, 0.25) is 0 Å². The van der Waals surface area contributed by atoms with Crippen LogP contribution in [0.25, 0.3) is 10.6 Å². The van der Waals surface area contributed by atoms with Gasteiger partial charge < -0.3 is 19.1 Å². The van der Waals surface area contributed by atoms with Crippen molar-refractivity contribution < 1.29 is 19.0 Å². The van der Waals surface area contributed by atoms with Gasteiger partial charge in [0.05, 0.1) is 30.8 Å². The summed E-state index contributed by atoms with van der Waals surface area (Å²) in [7, 11) is 4.91. The van der Waals surface area contributed by atoms with Gasteiger partial charge in [-0.3, -0.25) is 9.89 Å². The van der Waals surface area contributed by atoms with Crippen molar-refractivity contribution in [3.8, 4) is 22.1 Å². The Balaban J connectivity index is 1.85. The molecule has 1 aromatic carbocycles. The smallest absolute Gasteiger partial charge is 0.275 e. The number of rotatable bonds is 8. The van der Waals surface area contributed by atoms with Gasteiger partial charge in [0.15, 0.2) is 5.69 Å². The third-order valence-corrected chi connectivity index (χ3v) is 5.99. The molecule has 2 aromatic heterocycles. The SMILES string of the molecule is COCCCN1C(=O)c2n[nH]c(-c3cccs3)c2C1c1ccc(OC)cc1OC. The number of nitrogens with zero attached hydrogens (tertiary/aromatic N) is 2. The first-order valence-electron chi connectivity index (χ1n) is 9.33. The van der Waals surface area contributed by atoms with Crippen molar-refractivity contribution >= 4 is 17.2 Å². The summed E-state index contributed by atoms with van der Waals surface area (Å²) in [5, 5.41) is 9.46. The van der Waals surface area contributed by atoms with E-state index >= 15 is 0 Å². The fourth-order valence-corrected chi connectivity index (χ4v) is 4.51. The predicted octanol–water partition coefficient (Wildman–Crippen LogP) is 3.74. The topological polar surface area (TPSA) is 76.7 Å². The van der Waals surface area contributed by atoms with E-state index in [1.165, 1.54) is 0 Å². The van der Waals surface area contributed by atoms with Gasteiger partial charge in [-0.15, -0.1) is 11.3 Å². The maximum Gasteiger partial charge on any atom is 0.275 e. The molecule has 0 bridgehead atoms. The highest BCUT2D eigenvalue weighted by Gasteiger charge is 2.43. The lowest BCUT2D eigenvalue weighted by Gasteiger charge is -2.27. The third-order valence-electron chi connectivity index (χ3n) is 5.10. The number of aromatic nitrogens is 2. The van der Waals surface area contributed by atoms with E-state index in [-0.39, 0.29) is 11.9 Å². The number of hydrogen-bond acceptors (Lipinski definition) is 6. The Bertz CT molecular complexity index is 1000. The van der Waals surface area contributed by atoms with Crippen LogP contribution in [0, 0.1) is 0 Å². The second kappa shape index (κ2) is 8.26. The quantitative estimate of drug-likeness (QED) is 0.570. The summed E-state index contributed by atoms with van der Waals surface area (Å²) in [6.07, 6.45) is 0.736. The first-order valence-corrected chi connectivity index (χ1v) is 10.2. The van der Waals surface area contributed by atoms with E-state index in [4.69, 9.17) is 14.2 Å². The Labute approximate surface area is 173 Å². The molecule has 7 nitrogen and oxygen atoms in total. The molecule has 1 aliphatic heterocycles. The number of ether oxygens (including phenoxy) is 3. The number of nitrogens with one attached hydrogen (secondary N) is 1. The highest BCUT2D eigenvalue weighted by molar-refractivity contribution is 7.13. The van der Waals surface area contributed by atoms with Gasteiger partial charge in [-0.25, -0.2) is 0 Å². The van der Waals surface area contributed by atoms with E-state index < -0.39 is 0 Å². The fourth-order valence-electron chi connectivity index (χ4n) is 3.78. The molecule has 0 fully saturated rings. The van der Waals surface area contributed by atoms with Crippen molar-refractivity contribution in [1.82, 2.24) is 15.1 Å². The highest BCUT2D eigenvalue weighted by Crippen LogP contribution is 2.46. The van der Waals surface area contributed by atoms with Gasteiger partial charge in [0.25, 0.3) is 5.91 Å². The lowest BCUT2D eigenvalue weighted by Crippen LogP contribution is -2.31. The van der Waals surface area contributed by atoms with Crippen LogP contribution in [0.2, 0.25) is 0 Å². The highest BCUT2D eigenvalue weighted by atomic mass is 32.1. The Morgan fingerprint density at radius 2 is 2.07 bits per heavy atom. The summed E-state index contributed by atoms with van der Waals surface area (Å²) in [4.78, 5) is 16.1. The van der Waals surface area contributed by atoms with Crippen molar-refractivity contribution in [2.75, 3.05) is 34.5 Å². The van der Waals surface area contributed by atoms with Crippen molar-refractivity contribution in [3.63, 3.8) is 0 Å². The Morgan fingerprint density at radius 1 is 1.21 bits per heavy atom. The van der Waals surface area contributed by atoms with Crippen molar-refractivity contribution in [2.45, 2.75) is 12.5 Å². The molecule has 0 spiro atoms. The first-order chi connectivity index (χ1) is 14.2. The molecule has 0 saturated carbocycles. The number of aromatic amines is 1. The Morgan fingerprint density at radius 3 is 2.76 bits per heavy atom. The number of fused-ring (bicyclic) bond motifs is 1. The molecule has 1 amide bonds. The van der Waals surface area contributed by atoms with Crippen molar-refractivity contribution in [1.29, 1.82) is 0 Å². The normalized spacial score (nSPS) is 15.6. The number of H-pyrrole nitrogens is 1. The lowest BCUT2D eigenvalue weighted by atomic mass is 9.97. The van der Waals surface area contributed by atoms with E-state index in [9.17, 15) is 4.79 Å². The summed E-state index contributed by atoms with van der Waals surface area (Å²) in [6, 6.07) is 9.40. The van der Waals surface area contributed by atoms with E-state index in [2.05, 4.69) is 10.2 Å². The van der Waals surface area contributed by atoms with Crippen molar-refractivity contribution in [2.24, 2.45) is 0 Å². The average molecular weight is 413 g/mol. The maximum absolute atomic E-state index is 13.2. The van der Waals surface area contributed by atoms with Crippen LogP contribution in [0.4, 0.5) is 0 Å². The van der Waals surface area contributed by atoms with Gasteiger partial charge in [-0.2, -0.15) is 5.10 Å². The monoisotopic (exact) mass is 413 g/mol. The van der Waals surface area contributed by atoms with Crippen LogP contribution in [0.15, 0.2) is 35.7 Å². The van der Waals surface area contributed by atoms with Gasteiger partial charge in [0.1, 0.15) is 11.5 Å². The number of thiophene rings is 1. The van der Waals surface area contributed by atoms with Crippen LogP contribution < -0.4 is 9.47 Å². The van der Waals surface area contributed by atoms with Crippen LogP contribution in [0.1, 0.15) is 34.1 Å². The maximum atomic E-state index is 13.2. The van der Waals surface area contributed by atoms with Gasteiger partial charge in [-0.1, -0.05) is 6.07 Å². The summed E-state index contributed by atoms with van der Waals surface area (Å²) >= 11 is 1.61. The molecule has 1 N–H and O–H groups in total. The number of carbonyl (C=O) groups is 1. The average Bonchev–Trinajstić information content (AvgIpc) is 3.46. The Kier molecular flexibility index (Phi) is 5.55. The molecule has 0 radical (unpaired) electrons. The van der Waals surface area contributed by atoms with E-state index in [1.54, 1.807) is 32.7 Å². The molecule has 0 aliphatic carbocycles. The second-order valence-electron chi connectivity index (χ2n) is 6.69. The third kappa shape index (κ3) is 3.38. The molecule has 152 valence electrons. The zero-order valence-electron chi connectivity index (χ0n) is 16.6. The number of methoxy groups -OCH3 is 3. The van der Waals surface area contributed by atoms with E-state index in [0.29, 0.717) is 30.3 Å². The summed E-state index contributed by atoms with van der Waals surface area (Å²) in [5.74, 6) is 1.29. The minimum atomic E-state index is -0.300. The molecule has 4 rings (SSSR count). The van der Waals surface area contributed by atoms with Gasteiger partial charge >= 0.3 is 0 Å². The lowest BCUT2D eigenvalue weighted by molar-refractivity contribution is 0.0722. The number of benzene rings is 1. The molecular formula is C21H23N3O4S. The second-order valence-corrected chi connectivity index (χ2v) is 7.64. The molecule has 29 heavy (non-hydrogen) atoms.